The molecule has 1 saturated carbocycles. The van der Waals surface area contributed by atoms with Crippen molar-refractivity contribution in [1.29, 1.82) is 0 Å². The van der Waals surface area contributed by atoms with E-state index in [4.69, 9.17) is 10.6 Å². The van der Waals surface area contributed by atoms with Gasteiger partial charge in [0.1, 0.15) is 5.75 Å². The summed E-state index contributed by atoms with van der Waals surface area (Å²) in [5.74, 6) is 0.841. The van der Waals surface area contributed by atoms with Crippen LogP contribution in [0.1, 0.15) is 55.2 Å². The predicted molar refractivity (Wildman–Crippen MR) is 112 cm³/mol. The van der Waals surface area contributed by atoms with E-state index in [-0.39, 0.29) is 17.9 Å². The van der Waals surface area contributed by atoms with Crippen molar-refractivity contribution in [2.24, 2.45) is 0 Å². The van der Waals surface area contributed by atoms with Crippen LogP contribution in [0.4, 0.5) is 5.69 Å². The molecule has 1 heterocycles. The van der Waals surface area contributed by atoms with E-state index in [0.29, 0.717) is 17.6 Å². The molecule has 0 amide bonds. The molecule has 1 aliphatic carbocycles. The number of phenolic OH excluding ortho intramolecular Hbond substituents is 1. The van der Waals surface area contributed by atoms with Crippen molar-refractivity contribution in [3.63, 3.8) is 0 Å². The zero-order valence-corrected chi connectivity index (χ0v) is 16.6. The average Bonchev–Trinajstić information content (AvgIpc) is 3.19. The number of aromatic hydroxyl groups is 1. The summed E-state index contributed by atoms with van der Waals surface area (Å²) >= 11 is 0. The Hall–Kier alpha value is -2.08. The van der Waals surface area contributed by atoms with E-state index in [0.717, 1.165) is 18.5 Å². The number of nitrogens with one attached hydrogen (secondary N) is 1. The first kappa shape index (κ1) is 19.2. The largest absolute Gasteiger partial charge is 0.506 e. The maximum Gasteiger partial charge on any atom is 0.138 e. The summed E-state index contributed by atoms with van der Waals surface area (Å²) in [6.45, 7) is 0.922. The third-order valence-electron chi connectivity index (χ3n) is 6.42. The number of nitrogen functional groups attached to an aromatic ring is 1. The monoisotopic (exact) mass is 381 g/mol. The van der Waals surface area contributed by atoms with Gasteiger partial charge in [-0.15, -0.1) is 0 Å². The van der Waals surface area contributed by atoms with Gasteiger partial charge in [-0.25, -0.2) is 0 Å². The zero-order valence-electron chi connectivity index (χ0n) is 16.6. The molecule has 4 rings (SSSR count). The molecule has 1 aliphatic heterocycles. The SMILES string of the molecule is CN(CC1CC(c2ccc(N)c(O)c2)NO1)C1CCC(c2ccccc2)CC1. The number of phenols is 1. The van der Waals surface area contributed by atoms with Crippen LogP contribution in [0, 0.1) is 0 Å². The maximum atomic E-state index is 9.84. The highest BCUT2D eigenvalue weighted by atomic mass is 16.7. The summed E-state index contributed by atoms with van der Waals surface area (Å²) in [6, 6.07) is 17.1. The first-order valence-corrected chi connectivity index (χ1v) is 10.3. The third-order valence-corrected chi connectivity index (χ3v) is 6.42. The van der Waals surface area contributed by atoms with E-state index in [2.05, 4.69) is 47.8 Å². The minimum absolute atomic E-state index is 0.0960. The van der Waals surface area contributed by atoms with Crippen LogP contribution < -0.4 is 11.2 Å². The van der Waals surface area contributed by atoms with Crippen LogP contribution in [-0.2, 0) is 4.84 Å². The topological polar surface area (TPSA) is 70.8 Å². The molecule has 2 aromatic carbocycles. The fraction of sp³-hybridized carbons (Fsp3) is 0.478. The number of hydrogen-bond donors (Lipinski definition) is 3. The van der Waals surface area contributed by atoms with Gasteiger partial charge in [-0.05, 0) is 68.3 Å². The van der Waals surface area contributed by atoms with Crippen molar-refractivity contribution in [2.75, 3.05) is 19.3 Å². The first-order valence-electron chi connectivity index (χ1n) is 10.3. The molecule has 2 fully saturated rings. The standard InChI is InChI=1S/C23H31N3O2/c1-26(19-10-7-17(8-11-19)16-5-3-2-4-6-16)15-20-14-22(25-28-20)18-9-12-21(24)23(27)13-18/h2-6,9,12-13,17,19-20,22,25,27H,7-8,10-11,14-15,24H2,1H3. The van der Waals surface area contributed by atoms with Crippen LogP contribution >= 0.6 is 0 Å². The second kappa shape index (κ2) is 8.52. The molecule has 5 nitrogen and oxygen atoms in total. The van der Waals surface area contributed by atoms with E-state index in [1.54, 1.807) is 12.1 Å². The summed E-state index contributed by atoms with van der Waals surface area (Å²) in [6.07, 6.45) is 6.05. The zero-order chi connectivity index (χ0) is 19.5. The molecule has 2 aliphatic rings. The summed E-state index contributed by atoms with van der Waals surface area (Å²) in [5, 5.41) is 9.84. The van der Waals surface area contributed by atoms with Crippen LogP contribution in [0.5, 0.6) is 5.75 Å². The lowest BCUT2D eigenvalue weighted by Crippen LogP contribution is -2.39. The molecule has 150 valence electrons. The van der Waals surface area contributed by atoms with Gasteiger partial charge in [0.05, 0.1) is 17.8 Å². The molecule has 28 heavy (non-hydrogen) atoms. The third kappa shape index (κ3) is 4.32. The molecule has 2 atom stereocenters. The average molecular weight is 382 g/mol. The highest BCUT2D eigenvalue weighted by Crippen LogP contribution is 2.35. The number of hydrogen-bond acceptors (Lipinski definition) is 5. The predicted octanol–water partition coefficient (Wildman–Crippen LogP) is 3.97. The maximum absolute atomic E-state index is 9.84. The van der Waals surface area contributed by atoms with Crippen LogP contribution in [0.2, 0.25) is 0 Å². The fourth-order valence-electron chi connectivity index (χ4n) is 4.68. The molecule has 2 aromatic rings. The van der Waals surface area contributed by atoms with Crippen LogP contribution in [0.25, 0.3) is 0 Å². The van der Waals surface area contributed by atoms with Gasteiger partial charge >= 0.3 is 0 Å². The lowest BCUT2D eigenvalue weighted by Gasteiger charge is -2.35. The van der Waals surface area contributed by atoms with Gasteiger partial charge in [0, 0.05) is 12.6 Å². The van der Waals surface area contributed by atoms with Crippen LogP contribution in [-0.4, -0.2) is 35.7 Å². The van der Waals surface area contributed by atoms with Crippen molar-refractivity contribution >= 4 is 5.69 Å². The molecule has 0 aromatic heterocycles. The lowest BCUT2D eigenvalue weighted by atomic mass is 9.81. The van der Waals surface area contributed by atoms with Crippen molar-refractivity contribution in [3.05, 3.63) is 59.7 Å². The normalized spacial score (nSPS) is 27.9. The van der Waals surface area contributed by atoms with Gasteiger partial charge in [-0.3, -0.25) is 4.84 Å². The quantitative estimate of drug-likeness (QED) is 0.540. The van der Waals surface area contributed by atoms with E-state index in [1.165, 1.54) is 31.2 Å². The van der Waals surface area contributed by atoms with Crippen LogP contribution in [0.3, 0.4) is 0 Å². The lowest BCUT2D eigenvalue weighted by molar-refractivity contribution is 0.00136. The number of likely N-dealkylation sites (N-methyl/N-ethyl adjacent to an activating group) is 1. The summed E-state index contributed by atoms with van der Waals surface area (Å²) in [4.78, 5) is 8.31. The van der Waals surface area contributed by atoms with E-state index in [1.807, 2.05) is 6.07 Å². The van der Waals surface area contributed by atoms with Gasteiger partial charge < -0.3 is 15.7 Å². The highest BCUT2D eigenvalue weighted by Gasteiger charge is 2.31. The minimum Gasteiger partial charge on any atom is -0.506 e. The number of rotatable bonds is 5. The van der Waals surface area contributed by atoms with Crippen molar-refractivity contribution in [3.8, 4) is 5.75 Å². The van der Waals surface area contributed by atoms with Gasteiger partial charge in [0.25, 0.3) is 0 Å². The number of hydroxylamine groups is 1. The Kier molecular flexibility index (Phi) is 5.85. The molecular weight excluding hydrogens is 350 g/mol. The molecule has 4 N–H and O–H groups in total. The Balaban J connectivity index is 1.26. The highest BCUT2D eigenvalue weighted by molar-refractivity contribution is 5.53. The molecule has 0 spiro atoms. The molecule has 0 radical (unpaired) electrons. The Labute approximate surface area is 167 Å². The molecule has 5 heteroatoms. The van der Waals surface area contributed by atoms with Crippen LogP contribution in [0.15, 0.2) is 48.5 Å². The Bertz CT molecular complexity index is 775. The molecule has 2 unspecified atom stereocenters. The van der Waals surface area contributed by atoms with Crippen molar-refractivity contribution in [1.82, 2.24) is 10.4 Å². The van der Waals surface area contributed by atoms with Gasteiger partial charge in [0.2, 0.25) is 0 Å². The Morgan fingerprint density at radius 2 is 1.82 bits per heavy atom. The minimum atomic E-state index is 0.0960. The second-order valence-electron chi connectivity index (χ2n) is 8.32. The van der Waals surface area contributed by atoms with E-state index >= 15 is 0 Å². The second-order valence-corrected chi connectivity index (χ2v) is 8.32. The number of nitrogens with zero attached hydrogens (tertiary/aromatic N) is 1. The van der Waals surface area contributed by atoms with Crippen molar-refractivity contribution < 1.29 is 9.94 Å². The molecule has 1 saturated heterocycles. The number of nitrogens with two attached hydrogens (primary N) is 1. The van der Waals surface area contributed by atoms with Gasteiger partial charge in [0.15, 0.2) is 0 Å². The van der Waals surface area contributed by atoms with Crippen molar-refractivity contribution in [2.45, 2.75) is 56.2 Å². The Morgan fingerprint density at radius 1 is 1.07 bits per heavy atom. The fourth-order valence-corrected chi connectivity index (χ4v) is 4.68. The smallest absolute Gasteiger partial charge is 0.138 e. The molecule has 0 bridgehead atoms. The summed E-state index contributed by atoms with van der Waals surface area (Å²) in [5.41, 5.74) is 11.7. The number of benzene rings is 2. The number of anilines is 1. The Morgan fingerprint density at radius 3 is 2.54 bits per heavy atom. The van der Waals surface area contributed by atoms with E-state index < -0.39 is 0 Å². The molecular formula is C23H31N3O2. The first-order chi connectivity index (χ1) is 13.6. The summed E-state index contributed by atoms with van der Waals surface area (Å²) < 4.78 is 0. The van der Waals surface area contributed by atoms with Gasteiger partial charge in [-0.2, -0.15) is 5.48 Å². The van der Waals surface area contributed by atoms with E-state index in [9.17, 15) is 5.11 Å². The van der Waals surface area contributed by atoms with Gasteiger partial charge in [-0.1, -0.05) is 36.4 Å². The summed E-state index contributed by atoms with van der Waals surface area (Å²) in [7, 11) is 2.22.